The quantitative estimate of drug-likeness (QED) is 0.882. The number of anilines is 1. The summed E-state index contributed by atoms with van der Waals surface area (Å²) in [5.74, 6) is 0.608. The van der Waals surface area contributed by atoms with Crippen LogP contribution in [0.5, 0.6) is 0 Å². The van der Waals surface area contributed by atoms with Crippen molar-refractivity contribution < 1.29 is 13.5 Å². The summed E-state index contributed by atoms with van der Waals surface area (Å²) in [5, 5.41) is 9.37. The van der Waals surface area contributed by atoms with Gasteiger partial charge < -0.3 is 10.0 Å². The average Bonchev–Trinajstić information content (AvgIpc) is 2.81. The summed E-state index contributed by atoms with van der Waals surface area (Å²) in [6.07, 6.45) is 2.61. The van der Waals surface area contributed by atoms with Crippen molar-refractivity contribution in [3.8, 4) is 0 Å². The lowest BCUT2D eigenvalue weighted by Crippen LogP contribution is -2.42. The van der Waals surface area contributed by atoms with Crippen LogP contribution < -0.4 is 4.90 Å². The van der Waals surface area contributed by atoms with Crippen LogP contribution >= 0.6 is 0 Å². The third kappa shape index (κ3) is 2.37. The highest BCUT2D eigenvalue weighted by atomic mass is 32.2. The highest BCUT2D eigenvalue weighted by Crippen LogP contribution is 2.34. The Morgan fingerprint density at radius 2 is 2.21 bits per heavy atom. The molecule has 1 saturated heterocycles. The van der Waals surface area contributed by atoms with Gasteiger partial charge in [0.25, 0.3) is 0 Å². The molecule has 1 N–H and O–H groups in total. The first-order valence-corrected chi connectivity index (χ1v) is 8.61. The summed E-state index contributed by atoms with van der Waals surface area (Å²) in [5.41, 5.74) is 3.28. The highest BCUT2D eigenvalue weighted by Gasteiger charge is 2.33. The molecule has 5 heteroatoms. The van der Waals surface area contributed by atoms with Crippen molar-refractivity contribution in [2.75, 3.05) is 23.0 Å². The topological polar surface area (TPSA) is 57.6 Å². The predicted octanol–water partition coefficient (Wildman–Crippen LogP) is 1.12. The zero-order valence-electron chi connectivity index (χ0n) is 10.9. The Labute approximate surface area is 114 Å². The molecular weight excluding hydrogens is 262 g/mol. The summed E-state index contributed by atoms with van der Waals surface area (Å²) < 4.78 is 23.6. The molecule has 104 valence electrons. The van der Waals surface area contributed by atoms with Crippen LogP contribution in [0.1, 0.15) is 24.0 Å². The van der Waals surface area contributed by atoms with Crippen LogP contribution in [0.3, 0.4) is 0 Å². The molecule has 1 aromatic carbocycles. The van der Waals surface area contributed by atoms with Gasteiger partial charge in [0.2, 0.25) is 0 Å². The number of aliphatic hydroxyl groups excluding tert-OH is 1. The van der Waals surface area contributed by atoms with E-state index in [4.69, 9.17) is 0 Å². The number of hydrogen-bond donors (Lipinski definition) is 1. The first-order valence-electron chi connectivity index (χ1n) is 6.79. The predicted molar refractivity (Wildman–Crippen MR) is 75.1 cm³/mol. The van der Waals surface area contributed by atoms with Crippen molar-refractivity contribution in [2.45, 2.75) is 31.9 Å². The largest absolute Gasteiger partial charge is 0.392 e. The summed E-state index contributed by atoms with van der Waals surface area (Å²) in [7, 11) is -2.88. The number of nitrogens with zero attached hydrogens (tertiary/aromatic N) is 1. The first kappa shape index (κ1) is 12.9. The smallest absolute Gasteiger partial charge is 0.152 e. The van der Waals surface area contributed by atoms with E-state index >= 15 is 0 Å². The number of aliphatic hydroxyl groups is 1. The van der Waals surface area contributed by atoms with Gasteiger partial charge in [-0.2, -0.15) is 0 Å². The van der Waals surface area contributed by atoms with E-state index in [1.165, 1.54) is 5.56 Å². The Bertz CT molecular complexity index is 582. The highest BCUT2D eigenvalue weighted by molar-refractivity contribution is 7.91. The average molecular weight is 281 g/mol. The lowest BCUT2D eigenvalue weighted by atomic mass is 10.1. The first-order chi connectivity index (χ1) is 9.11. The number of benzene rings is 1. The van der Waals surface area contributed by atoms with E-state index < -0.39 is 9.84 Å². The molecule has 0 spiro atoms. The second-order valence-corrected chi connectivity index (χ2v) is 7.66. The lowest BCUT2D eigenvalue weighted by molar-refractivity contribution is 0.281. The molecule has 0 radical (unpaired) electrons. The normalized spacial score (nSPS) is 25.3. The summed E-state index contributed by atoms with van der Waals surface area (Å²) in [4.78, 5) is 2.23. The van der Waals surface area contributed by atoms with Crippen LogP contribution in [0.25, 0.3) is 0 Å². The zero-order chi connectivity index (χ0) is 13.5. The molecule has 0 aliphatic carbocycles. The van der Waals surface area contributed by atoms with Crippen LogP contribution in [0.4, 0.5) is 5.69 Å². The lowest BCUT2D eigenvalue weighted by Gasteiger charge is -2.33. The van der Waals surface area contributed by atoms with Gasteiger partial charge in [-0.15, -0.1) is 0 Å². The molecule has 4 nitrogen and oxygen atoms in total. The maximum Gasteiger partial charge on any atom is 0.152 e. The number of hydrogen-bond acceptors (Lipinski definition) is 4. The van der Waals surface area contributed by atoms with E-state index in [1.807, 2.05) is 18.2 Å². The van der Waals surface area contributed by atoms with Crippen LogP contribution in [-0.4, -0.2) is 37.6 Å². The van der Waals surface area contributed by atoms with E-state index in [-0.39, 0.29) is 18.4 Å². The molecule has 2 aliphatic rings. The van der Waals surface area contributed by atoms with Crippen LogP contribution in [0.15, 0.2) is 18.2 Å². The second-order valence-electron chi connectivity index (χ2n) is 5.43. The molecule has 1 atom stereocenters. The van der Waals surface area contributed by atoms with Crippen molar-refractivity contribution >= 4 is 15.5 Å². The molecule has 0 aromatic heterocycles. The van der Waals surface area contributed by atoms with E-state index in [2.05, 4.69) is 4.90 Å². The Balaban J connectivity index is 1.90. The molecule has 2 aliphatic heterocycles. The van der Waals surface area contributed by atoms with Crippen molar-refractivity contribution in [1.82, 2.24) is 0 Å². The summed E-state index contributed by atoms with van der Waals surface area (Å²) in [6.45, 7) is 0.923. The second kappa shape index (κ2) is 4.80. The standard InChI is InChI=1S/C14H19NO3S/c16-9-11-3-1-5-14-13(11)6-7-15(14)12-4-2-8-19(17,18)10-12/h1,3,5,12,16H,2,4,6-10H2. The maximum atomic E-state index is 11.8. The number of fused-ring (bicyclic) bond motifs is 1. The van der Waals surface area contributed by atoms with Crippen LogP contribution in [0.2, 0.25) is 0 Å². The minimum absolute atomic E-state index is 0.0555. The number of rotatable bonds is 2. The minimum Gasteiger partial charge on any atom is -0.392 e. The molecule has 0 bridgehead atoms. The Kier molecular flexibility index (Phi) is 3.27. The third-order valence-electron chi connectivity index (χ3n) is 4.21. The monoisotopic (exact) mass is 281 g/mol. The van der Waals surface area contributed by atoms with Gasteiger partial charge in [0.05, 0.1) is 18.1 Å². The van der Waals surface area contributed by atoms with E-state index in [1.54, 1.807) is 0 Å². The van der Waals surface area contributed by atoms with E-state index in [0.717, 1.165) is 37.1 Å². The molecule has 1 unspecified atom stereocenters. The minimum atomic E-state index is -2.88. The van der Waals surface area contributed by atoms with E-state index in [9.17, 15) is 13.5 Å². The van der Waals surface area contributed by atoms with Gasteiger partial charge in [-0.3, -0.25) is 0 Å². The van der Waals surface area contributed by atoms with Crippen LogP contribution in [-0.2, 0) is 22.9 Å². The third-order valence-corrected chi connectivity index (χ3v) is 6.01. The van der Waals surface area contributed by atoms with E-state index in [0.29, 0.717) is 5.75 Å². The SMILES string of the molecule is O=S1(=O)CCCC(N2CCc3c(CO)cccc32)C1. The van der Waals surface area contributed by atoms with Gasteiger partial charge in [-0.1, -0.05) is 12.1 Å². The Morgan fingerprint density at radius 3 is 2.95 bits per heavy atom. The zero-order valence-corrected chi connectivity index (χ0v) is 11.7. The number of sulfone groups is 1. The van der Waals surface area contributed by atoms with Gasteiger partial charge >= 0.3 is 0 Å². The Morgan fingerprint density at radius 1 is 1.37 bits per heavy atom. The summed E-state index contributed by atoms with van der Waals surface area (Å²) >= 11 is 0. The Hall–Kier alpha value is -1.07. The van der Waals surface area contributed by atoms with Crippen LogP contribution in [0, 0.1) is 0 Å². The van der Waals surface area contributed by atoms with Crippen molar-refractivity contribution in [2.24, 2.45) is 0 Å². The van der Waals surface area contributed by atoms with Gasteiger partial charge in [0, 0.05) is 18.3 Å². The van der Waals surface area contributed by atoms with Crippen molar-refractivity contribution in [1.29, 1.82) is 0 Å². The fourth-order valence-electron chi connectivity index (χ4n) is 3.30. The van der Waals surface area contributed by atoms with Gasteiger partial charge in [0.15, 0.2) is 9.84 Å². The molecule has 19 heavy (non-hydrogen) atoms. The molecule has 2 heterocycles. The molecule has 0 saturated carbocycles. The molecular formula is C14H19NO3S. The van der Waals surface area contributed by atoms with Crippen molar-refractivity contribution in [3.63, 3.8) is 0 Å². The molecule has 3 rings (SSSR count). The fourth-order valence-corrected chi connectivity index (χ4v) is 5.01. The maximum absolute atomic E-state index is 11.8. The molecule has 1 fully saturated rings. The van der Waals surface area contributed by atoms with Gasteiger partial charge in [0.1, 0.15) is 0 Å². The van der Waals surface area contributed by atoms with Gasteiger partial charge in [-0.05, 0) is 36.5 Å². The van der Waals surface area contributed by atoms with Crippen molar-refractivity contribution in [3.05, 3.63) is 29.3 Å². The molecule has 1 aromatic rings. The molecule has 0 amide bonds. The fraction of sp³-hybridized carbons (Fsp3) is 0.571. The van der Waals surface area contributed by atoms with Gasteiger partial charge in [-0.25, -0.2) is 8.42 Å². The summed E-state index contributed by atoms with van der Waals surface area (Å²) in [6, 6.07) is 6.04.